The number of rotatable bonds is 5. The van der Waals surface area contributed by atoms with Crippen molar-refractivity contribution in [2.75, 3.05) is 5.32 Å². The fraction of sp³-hybridized carbons (Fsp3) is 0.214. The maximum atomic E-state index is 13.1. The molecule has 2 aromatic rings. The number of carbonyl (C=O) groups is 1. The Bertz CT molecular complexity index is 582. The molecule has 2 N–H and O–H groups in total. The molecule has 0 saturated heterocycles. The lowest BCUT2D eigenvalue weighted by molar-refractivity contribution is -0.138. The summed E-state index contributed by atoms with van der Waals surface area (Å²) in [6.45, 7) is 2.02. The van der Waals surface area contributed by atoms with Gasteiger partial charge in [-0.2, -0.15) is 0 Å². The van der Waals surface area contributed by atoms with Crippen LogP contribution in [-0.2, 0) is 11.2 Å². The van der Waals surface area contributed by atoms with E-state index in [0.29, 0.717) is 10.6 Å². The standard InChI is InChI=1S/C14H14FNO2S/c1-2-11-6-7-12(19-11)13(14(17)18)16-10-5-3-4-9(15)8-10/h3-8,13,16H,2H2,1H3,(H,17,18). The number of nitrogens with one attached hydrogen (secondary N) is 1. The van der Waals surface area contributed by atoms with E-state index in [0.717, 1.165) is 11.3 Å². The van der Waals surface area contributed by atoms with Gasteiger partial charge in [0.25, 0.3) is 0 Å². The third-order valence-corrected chi connectivity index (χ3v) is 3.99. The van der Waals surface area contributed by atoms with E-state index in [-0.39, 0.29) is 0 Å². The number of hydrogen-bond donors (Lipinski definition) is 2. The molecule has 0 amide bonds. The molecule has 1 heterocycles. The summed E-state index contributed by atoms with van der Waals surface area (Å²) in [5.74, 6) is -1.37. The average Bonchev–Trinajstić information content (AvgIpc) is 2.84. The molecule has 100 valence electrons. The Morgan fingerprint density at radius 2 is 2.21 bits per heavy atom. The number of halogens is 1. The van der Waals surface area contributed by atoms with Crippen LogP contribution in [-0.4, -0.2) is 11.1 Å². The Hall–Kier alpha value is -1.88. The zero-order valence-corrected chi connectivity index (χ0v) is 11.2. The van der Waals surface area contributed by atoms with Gasteiger partial charge in [0.05, 0.1) is 0 Å². The number of benzene rings is 1. The van der Waals surface area contributed by atoms with Gasteiger partial charge in [-0.05, 0) is 36.8 Å². The Balaban J connectivity index is 2.23. The second-order valence-electron chi connectivity index (χ2n) is 4.08. The first-order valence-corrected chi connectivity index (χ1v) is 6.75. The Kier molecular flexibility index (Phi) is 4.16. The van der Waals surface area contributed by atoms with E-state index in [2.05, 4.69) is 5.32 Å². The van der Waals surface area contributed by atoms with Gasteiger partial charge < -0.3 is 10.4 Å². The molecule has 0 fully saturated rings. The lowest BCUT2D eigenvalue weighted by Gasteiger charge is -2.14. The Labute approximate surface area is 114 Å². The van der Waals surface area contributed by atoms with Crippen LogP contribution in [0.5, 0.6) is 0 Å². The van der Waals surface area contributed by atoms with Crippen LogP contribution in [0.1, 0.15) is 22.7 Å². The molecule has 0 saturated carbocycles. The maximum Gasteiger partial charge on any atom is 0.331 e. The number of aliphatic carboxylic acids is 1. The zero-order valence-electron chi connectivity index (χ0n) is 10.4. The third-order valence-electron chi connectivity index (χ3n) is 2.70. The SMILES string of the molecule is CCc1ccc(C(Nc2cccc(F)c2)C(=O)O)s1. The second kappa shape index (κ2) is 5.84. The predicted octanol–water partition coefficient (Wildman–Crippen LogP) is 3.69. The molecule has 1 aromatic heterocycles. The van der Waals surface area contributed by atoms with E-state index >= 15 is 0 Å². The molecule has 0 spiro atoms. The fourth-order valence-electron chi connectivity index (χ4n) is 1.74. The highest BCUT2D eigenvalue weighted by Gasteiger charge is 2.21. The van der Waals surface area contributed by atoms with Crippen molar-refractivity contribution in [1.82, 2.24) is 0 Å². The van der Waals surface area contributed by atoms with Gasteiger partial charge in [-0.25, -0.2) is 9.18 Å². The summed E-state index contributed by atoms with van der Waals surface area (Å²) in [5, 5.41) is 12.1. The number of thiophene rings is 1. The van der Waals surface area contributed by atoms with Crippen LogP contribution in [0.3, 0.4) is 0 Å². The van der Waals surface area contributed by atoms with Crippen molar-refractivity contribution in [2.45, 2.75) is 19.4 Å². The van der Waals surface area contributed by atoms with Gasteiger partial charge in [-0.1, -0.05) is 13.0 Å². The van der Waals surface area contributed by atoms with Crippen molar-refractivity contribution >= 4 is 23.0 Å². The first kappa shape index (κ1) is 13.5. The monoisotopic (exact) mass is 279 g/mol. The molecule has 0 aliphatic carbocycles. The van der Waals surface area contributed by atoms with E-state index in [1.807, 2.05) is 13.0 Å². The molecule has 0 aliphatic heterocycles. The van der Waals surface area contributed by atoms with Crippen molar-refractivity contribution < 1.29 is 14.3 Å². The Morgan fingerprint density at radius 3 is 2.79 bits per heavy atom. The van der Waals surface area contributed by atoms with Gasteiger partial charge in [0.1, 0.15) is 5.82 Å². The molecule has 0 radical (unpaired) electrons. The topological polar surface area (TPSA) is 49.3 Å². The summed E-state index contributed by atoms with van der Waals surface area (Å²) >= 11 is 1.46. The molecule has 1 unspecified atom stereocenters. The second-order valence-corrected chi connectivity index (χ2v) is 5.28. The first-order valence-electron chi connectivity index (χ1n) is 5.93. The van der Waals surface area contributed by atoms with Gasteiger partial charge >= 0.3 is 5.97 Å². The van der Waals surface area contributed by atoms with E-state index in [1.165, 1.54) is 23.5 Å². The molecule has 5 heteroatoms. The van der Waals surface area contributed by atoms with Gasteiger partial charge in [0.15, 0.2) is 6.04 Å². The largest absolute Gasteiger partial charge is 0.479 e. The van der Waals surface area contributed by atoms with Crippen molar-refractivity contribution in [1.29, 1.82) is 0 Å². The van der Waals surface area contributed by atoms with E-state index in [4.69, 9.17) is 0 Å². The minimum atomic E-state index is -0.978. The van der Waals surface area contributed by atoms with Gasteiger partial charge in [-0.15, -0.1) is 11.3 Å². The molecule has 1 aromatic carbocycles. The smallest absolute Gasteiger partial charge is 0.331 e. The quantitative estimate of drug-likeness (QED) is 0.877. The van der Waals surface area contributed by atoms with E-state index in [1.54, 1.807) is 18.2 Å². The van der Waals surface area contributed by atoms with Crippen LogP contribution in [0.4, 0.5) is 10.1 Å². The number of aryl methyl sites for hydroxylation is 1. The van der Waals surface area contributed by atoms with E-state index < -0.39 is 17.8 Å². The molecule has 2 rings (SSSR count). The highest BCUT2D eigenvalue weighted by Crippen LogP contribution is 2.27. The predicted molar refractivity (Wildman–Crippen MR) is 74.1 cm³/mol. The Morgan fingerprint density at radius 1 is 1.42 bits per heavy atom. The zero-order chi connectivity index (χ0) is 13.8. The number of carboxylic acids is 1. The lowest BCUT2D eigenvalue weighted by atomic mass is 10.2. The molecular formula is C14H14FNO2S. The molecule has 1 atom stereocenters. The highest BCUT2D eigenvalue weighted by molar-refractivity contribution is 7.12. The molecule has 3 nitrogen and oxygen atoms in total. The molecule has 0 aliphatic rings. The average molecular weight is 279 g/mol. The summed E-state index contributed by atoms with van der Waals surface area (Å²) in [7, 11) is 0. The van der Waals surface area contributed by atoms with Crippen LogP contribution in [0.25, 0.3) is 0 Å². The van der Waals surface area contributed by atoms with Gasteiger partial charge in [-0.3, -0.25) is 0 Å². The van der Waals surface area contributed by atoms with Crippen LogP contribution in [0, 0.1) is 5.82 Å². The number of carboxylic acid groups (broad SMARTS) is 1. The summed E-state index contributed by atoms with van der Waals surface area (Å²) in [6, 6.07) is 8.66. The fourth-order valence-corrected chi connectivity index (χ4v) is 2.74. The molecule has 0 bridgehead atoms. The summed E-state index contributed by atoms with van der Waals surface area (Å²) in [6.07, 6.45) is 0.872. The summed E-state index contributed by atoms with van der Waals surface area (Å²) in [5.41, 5.74) is 0.457. The number of anilines is 1. The lowest BCUT2D eigenvalue weighted by Crippen LogP contribution is -2.19. The van der Waals surface area contributed by atoms with Crippen molar-refractivity contribution in [3.8, 4) is 0 Å². The van der Waals surface area contributed by atoms with Crippen molar-refractivity contribution in [3.05, 3.63) is 52.0 Å². The van der Waals surface area contributed by atoms with Crippen LogP contribution < -0.4 is 5.32 Å². The number of hydrogen-bond acceptors (Lipinski definition) is 3. The van der Waals surface area contributed by atoms with Gasteiger partial charge in [0, 0.05) is 15.4 Å². The minimum Gasteiger partial charge on any atom is -0.479 e. The summed E-state index contributed by atoms with van der Waals surface area (Å²) in [4.78, 5) is 13.2. The third kappa shape index (κ3) is 3.32. The van der Waals surface area contributed by atoms with Crippen molar-refractivity contribution in [3.63, 3.8) is 0 Å². The highest BCUT2D eigenvalue weighted by atomic mass is 32.1. The first-order chi connectivity index (χ1) is 9.10. The van der Waals surface area contributed by atoms with Crippen LogP contribution in [0.2, 0.25) is 0 Å². The minimum absolute atomic E-state index is 0.394. The summed E-state index contributed by atoms with van der Waals surface area (Å²) < 4.78 is 13.1. The maximum absolute atomic E-state index is 13.1. The molecular weight excluding hydrogens is 265 g/mol. The molecule has 19 heavy (non-hydrogen) atoms. The van der Waals surface area contributed by atoms with Crippen molar-refractivity contribution in [2.24, 2.45) is 0 Å². The normalized spacial score (nSPS) is 12.1. The van der Waals surface area contributed by atoms with E-state index in [9.17, 15) is 14.3 Å². The van der Waals surface area contributed by atoms with Crippen LogP contribution >= 0.6 is 11.3 Å². The van der Waals surface area contributed by atoms with Crippen LogP contribution in [0.15, 0.2) is 36.4 Å². The van der Waals surface area contributed by atoms with Gasteiger partial charge in [0.2, 0.25) is 0 Å².